The van der Waals surface area contributed by atoms with Gasteiger partial charge in [0, 0.05) is 24.4 Å². The minimum absolute atomic E-state index is 0.182. The summed E-state index contributed by atoms with van der Waals surface area (Å²) in [5, 5.41) is 5.22. The normalized spacial score (nSPS) is 23.9. The Bertz CT molecular complexity index is 365. The molecular weight excluding hydrogens is 274 g/mol. The summed E-state index contributed by atoms with van der Waals surface area (Å²) in [6, 6.07) is 0.429. The van der Waals surface area contributed by atoms with Gasteiger partial charge in [-0.3, -0.25) is 4.99 Å². The van der Waals surface area contributed by atoms with Crippen molar-refractivity contribution in [2.45, 2.75) is 44.9 Å². The molecule has 20 heavy (non-hydrogen) atoms. The van der Waals surface area contributed by atoms with Crippen LogP contribution in [0.15, 0.2) is 4.99 Å². The Morgan fingerprint density at radius 2 is 2.20 bits per heavy atom. The number of ether oxygens (including phenoxy) is 1. The maximum atomic E-state index is 11.6. The number of rotatable bonds is 3. The minimum atomic E-state index is -0.182. The van der Waals surface area contributed by atoms with E-state index in [-0.39, 0.29) is 6.09 Å². The van der Waals surface area contributed by atoms with Crippen molar-refractivity contribution in [3.63, 3.8) is 0 Å². The van der Waals surface area contributed by atoms with E-state index in [1.807, 2.05) is 18.7 Å². The third kappa shape index (κ3) is 4.04. The van der Waals surface area contributed by atoms with Gasteiger partial charge in [0.1, 0.15) is 0 Å². The van der Waals surface area contributed by atoms with Crippen molar-refractivity contribution in [1.82, 2.24) is 10.2 Å². The molecule has 5 nitrogen and oxygen atoms in total. The van der Waals surface area contributed by atoms with Crippen LogP contribution in [-0.2, 0) is 4.74 Å². The number of aliphatic imine (C=N–C) groups is 1. The molecule has 1 N–H and O–H groups in total. The molecule has 114 valence electrons. The molecule has 0 aromatic rings. The van der Waals surface area contributed by atoms with Crippen molar-refractivity contribution in [3.05, 3.63) is 0 Å². The molecule has 2 aliphatic rings. The van der Waals surface area contributed by atoms with Crippen LogP contribution in [0.4, 0.5) is 4.79 Å². The summed E-state index contributed by atoms with van der Waals surface area (Å²) < 4.78 is 5.03. The van der Waals surface area contributed by atoms with E-state index < -0.39 is 0 Å². The zero-order chi connectivity index (χ0) is 14.5. The van der Waals surface area contributed by atoms with Gasteiger partial charge in [-0.2, -0.15) is 0 Å². The zero-order valence-corrected chi connectivity index (χ0v) is 13.4. The topological polar surface area (TPSA) is 53.9 Å². The second kappa shape index (κ2) is 7.20. The van der Waals surface area contributed by atoms with Crippen LogP contribution in [0.1, 0.15) is 33.6 Å². The quantitative estimate of drug-likeness (QED) is 0.869. The molecule has 2 aliphatic heterocycles. The van der Waals surface area contributed by atoms with Crippen molar-refractivity contribution < 1.29 is 9.53 Å². The molecular formula is C14H25N3O2S. The lowest BCUT2D eigenvalue weighted by molar-refractivity contribution is 0.0964. The molecule has 1 amide bonds. The van der Waals surface area contributed by atoms with E-state index in [4.69, 9.17) is 4.74 Å². The van der Waals surface area contributed by atoms with Gasteiger partial charge in [0.05, 0.1) is 13.2 Å². The van der Waals surface area contributed by atoms with Crippen LogP contribution in [0.25, 0.3) is 0 Å². The molecule has 0 spiro atoms. The Morgan fingerprint density at radius 3 is 2.75 bits per heavy atom. The number of carbonyl (C=O) groups is 1. The van der Waals surface area contributed by atoms with Crippen molar-refractivity contribution in [3.8, 4) is 0 Å². The number of nitrogens with zero attached hydrogens (tertiary/aromatic N) is 2. The van der Waals surface area contributed by atoms with Crippen LogP contribution in [0.2, 0.25) is 0 Å². The Morgan fingerprint density at radius 1 is 1.50 bits per heavy atom. The predicted octanol–water partition coefficient (Wildman–Crippen LogP) is 2.32. The van der Waals surface area contributed by atoms with E-state index in [0.717, 1.165) is 37.6 Å². The SMILES string of the molecule is CCOC(=O)N1CCC(NC2=NCC(C(C)C)S2)CC1. The summed E-state index contributed by atoms with van der Waals surface area (Å²) in [7, 11) is 0. The van der Waals surface area contributed by atoms with E-state index in [9.17, 15) is 4.79 Å². The predicted molar refractivity (Wildman–Crippen MR) is 83.3 cm³/mol. The molecule has 0 aromatic heterocycles. The van der Waals surface area contributed by atoms with E-state index >= 15 is 0 Å². The number of carbonyl (C=O) groups excluding carboxylic acids is 1. The Kier molecular flexibility index (Phi) is 5.57. The fraction of sp³-hybridized carbons (Fsp3) is 0.857. The third-order valence-electron chi connectivity index (χ3n) is 3.77. The minimum Gasteiger partial charge on any atom is -0.450 e. The third-order valence-corrected chi connectivity index (χ3v) is 5.24. The molecule has 0 saturated carbocycles. The highest BCUT2D eigenvalue weighted by molar-refractivity contribution is 8.14. The Hall–Kier alpha value is -0.910. The van der Waals surface area contributed by atoms with Gasteiger partial charge in [-0.15, -0.1) is 0 Å². The second-order valence-corrected chi connectivity index (χ2v) is 6.88. The number of thioether (sulfide) groups is 1. The zero-order valence-electron chi connectivity index (χ0n) is 12.6. The summed E-state index contributed by atoms with van der Waals surface area (Å²) in [4.78, 5) is 18.0. The van der Waals surface area contributed by atoms with Gasteiger partial charge in [0.25, 0.3) is 0 Å². The Labute approximate surface area is 125 Å². The van der Waals surface area contributed by atoms with Gasteiger partial charge in [0.2, 0.25) is 0 Å². The molecule has 1 saturated heterocycles. The number of nitrogens with one attached hydrogen (secondary N) is 1. The van der Waals surface area contributed by atoms with E-state index in [1.54, 1.807) is 4.90 Å². The number of likely N-dealkylation sites (tertiary alicyclic amines) is 1. The van der Waals surface area contributed by atoms with Gasteiger partial charge in [-0.25, -0.2) is 4.79 Å². The fourth-order valence-corrected chi connectivity index (χ4v) is 3.50. The molecule has 2 rings (SSSR count). The average molecular weight is 299 g/mol. The van der Waals surface area contributed by atoms with Gasteiger partial charge in [-0.1, -0.05) is 25.6 Å². The Balaban J connectivity index is 1.71. The smallest absolute Gasteiger partial charge is 0.409 e. The van der Waals surface area contributed by atoms with E-state index in [1.165, 1.54) is 0 Å². The fourth-order valence-electron chi connectivity index (χ4n) is 2.41. The highest BCUT2D eigenvalue weighted by atomic mass is 32.2. The lowest BCUT2D eigenvalue weighted by atomic mass is 10.1. The lowest BCUT2D eigenvalue weighted by Gasteiger charge is -2.32. The van der Waals surface area contributed by atoms with Gasteiger partial charge >= 0.3 is 6.09 Å². The van der Waals surface area contributed by atoms with Crippen LogP contribution in [0, 0.1) is 5.92 Å². The highest BCUT2D eigenvalue weighted by Gasteiger charge is 2.27. The molecule has 1 unspecified atom stereocenters. The largest absolute Gasteiger partial charge is 0.450 e. The number of hydrogen-bond acceptors (Lipinski definition) is 5. The molecule has 1 atom stereocenters. The summed E-state index contributed by atoms with van der Waals surface area (Å²) >= 11 is 1.86. The molecule has 1 fully saturated rings. The summed E-state index contributed by atoms with van der Waals surface area (Å²) in [5.74, 6) is 0.661. The summed E-state index contributed by atoms with van der Waals surface area (Å²) in [6.07, 6.45) is 1.74. The van der Waals surface area contributed by atoms with Crippen LogP contribution in [-0.4, -0.2) is 53.7 Å². The number of hydrogen-bond donors (Lipinski definition) is 1. The van der Waals surface area contributed by atoms with Gasteiger partial charge < -0.3 is 15.0 Å². The first-order valence-electron chi connectivity index (χ1n) is 7.49. The highest BCUT2D eigenvalue weighted by Crippen LogP contribution is 2.26. The maximum absolute atomic E-state index is 11.6. The van der Waals surface area contributed by atoms with E-state index in [0.29, 0.717) is 23.8 Å². The maximum Gasteiger partial charge on any atom is 0.409 e. The van der Waals surface area contributed by atoms with Crippen LogP contribution >= 0.6 is 11.8 Å². The molecule has 6 heteroatoms. The molecule has 2 heterocycles. The van der Waals surface area contributed by atoms with Crippen LogP contribution < -0.4 is 5.32 Å². The number of piperidine rings is 1. The van der Waals surface area contributed by atoms with Crippen molar-refractivity contribution in [1.29, 1.82) is 0 Å². The first-order valence-corrected chi connectivity index (χ1v) is 8.37. The molecule has 0 aliphatic carbocycles. The van der Waals surface area contributed by atoms with Gasteiger partial charge in [-0.05, 0) is 25.7 Å². The first-order chi connectivity index (χ1) is 9.60. The molecule has 0 bridgehead atoms. The van der Waals surface area contributed by atoms with E-state index in [2.05, 4.69) is 24.2 Å². The summed E-state index contributed by atoms with van der Waals surface area (Å²) in [5.41, 5.74) is 0. The lowest BCUT2D eigenvalue weighted by Crippen LogP contribution is -2.46. The molecule has 0 radical (unpaired) electrons. The number of amides is 1. The monoisotopic (exact) mass is 299 g/mol. The van der Waals surface area contributed by atoms with Crippen molar-refractivity contribution in [2.24, 2.45) is 10.9 Å². The second-order valence-electron chi connectivity index (χ2n) is 5.65. The van der Waals surface area contributed by atoms with Gasteiger partial charge in [0.15, 0.2) is 5.17 Å². The van der Waals surface area contributed by atoms with Crippen molar-refractivity contribution in [2.75, 3.05) is 26.2 Å². The number of amidine groups is 1. The molecule has 0 aromatic carbocycles. The van der Waals surface area contributed by atoms with Crippen LogP contribution in [0.5, 0.6) is 0 Å². The van der Waals surface area contributed by atoms with Crippen molar-refractivity contribution >= 4 is 23.0 Å². The summed E-state index contributed by atoms with van der Waals surface area (Å²) in [6.45, 7) is 9.23. The average Bonchev–Trinajstić information content (AvgIpc) is 2.88. The standard InChI is InChI=1S/C14H25N3O2S/c1-4-19-14(18)17-7-5-11(6-8-17)16-13-15-9-12(20-13)10(2)3/h10-12H,4-9H2,1-3H3,(H,15,16). The first kappa shape index (κ1) is 15.5. The van der Waals surface area contributed by atoms with Crippen LogP contribution in [0.3, 0.4) is 0 Å².